The zero-order valence-corrected chi connectivity index (χ0v) is 41.7. The van der Waals surface area contributed by atoms with E-state index in [1.807, 2.05) is 13.8 Å². The maximum Gasteiger partial charge on any atom is 0.329 e. The van der Waals surface area contributed by atoms with Crippen molar-refractivity contribution in [2.45, 2.75) is 216 Å². The molecule has 6 heterocycles. The Morgan fingerprint density at radius 1 is 0.855 bits per heavy atom. The number of nitrogens with zero attached hydrogens (tertiary/aromatic N) is 1. The summed E-state index contributed by atoms with van der Waals surface area (Å²) in [5.74, 6) is -9.11. The second-order valence-corrected chi connectivity index (χ2v) is 21.9. The number of esters is 1. The predicted octanol–water partition coefficient (Wildman–Crippen LogP) is 2.52. The highest BCUT2D eigenvalue weighted by Gasteiger charge is 2.72. The van der Waals surface area contributed by atoms with Crippen molar-refractivity contribution in [1.82, 2.24) is 4.90 Å². The fourth-order valence-electron chi connectivity index (χ4n) is 11.9. The standard InChI is InChI=1S/C51H79NO17/c1-25-19-27(3)39(56)41(58)40(57)28(4)20-29(5)42-43(66-42)44-45(67-44)47-50(7,69-47)38(55)23-32-14-12-30(6)51(62,68-32)46(59)48(60)52-16-10-9-11-33(52)49(61)65-36(24-34(25)54)26(2)21-31-13-15-35(64-18-17-53)37(22-31)63-8/h19,25-26,28-33,35-39,41-45,47,53,55-56,58,62H,9-18,20-24H2,1-8H3/b27-19-/t25-,26-,28-,29+,30-,31+,32+,33?,35-,36+,37-,38+,39-,41-,42?,43?,44?,45?,47?,50?,51-/m1/s1. The first-order valence-electron chi connectivity index (χ1n) is 25.6. The van der Waals surface area contributed by atoms with Gasteiger partial charge < -0.3 is 63.6 Å². The van der Waals surface area contributed by atoms with Gasteiger partial charge >= 0.3 is 5.97 Å². The number of Topliss-reactive ketones (excluding diaryl/α,β-unsaturated/α-hetero) is 3. The molecule has 390 valence electrons. The van der Waals surface area contributed by atoms with E-state index in [-0.39, 0.29) is 105 Å². The molecule has 0 aromatic rings. The van der Waals surface area contributed by atoms with Crippen LogP contribution in [0.5, 0.6) is 0 Å². The molecule has 5 saturated heterocycles. The highest BCUT2D eigenvalue weighted by atomic mass is 16.7. The summed E-state index contributed by atoms with van der Waals surface area (Å²) in [5.41, 5.74) is -0.785. The predicted molar refractivity (Wildman–Crippen MR) is 245 cm³/mol. The molecule has 7 aliphatic rings. The molecular formula is C51H79NO17. The molecule has 5 N–H and O–H groups in total. The molecule has 69 heavy (non-hydrogen) atoms. The molecular weight excluding hydrogens is 899 g/mol. The molecule has 18 nitrogen and oxygen atoms in total. The van der Waals surface area contributed by atoms with E-state index in [4.69, 9.17) is 33.2 Å². The molecule has 7 rings (SSSR count). The van der Waals surface area contributed by atoms with Crippen LogP contribution in [-0.4, -0.2) is 177 Å². The van der Waals surface area contributed by atoms with Crippen molar-refractivity contribution in [1.29, 1.82) is 0 Å². The van der Waals surface area contributed by atoms with Crippen LogP contribution in [-0.2, 0) is 57.1 Å². The smallest absolute Gasteiger partial charge is 0.329 e. The van der Waals surface area contributed by atoms with Crippen LogP contribution in [0.25, 0.3) is 0 Å². The number of ketones is 3. The number of epoxide rings is 3. The topological polar surface area (TPSA) is 264 Å². The number of amides is 1. The van der Waals surface area contributed by atoms with E-state index >= 15 is 0 Å². The molecule has 0 aromatic carbocycles. The van der Waals surface area contributed by atoms with E-state index in [9.17, 15) is 49.5 Å². The highest BCUT2D eigenvalue weighted by molar-refractivity contribution is 6.39. The number of allylic oxidation sites excluding steroid dienone is 1. The molecule has 7 unspecified atom stereocenters. The van der Waals surface area contributed by atoms with Gasteiger partial charge in [0.15, 0.2) is 5.78 Å². The number of rotatable bonds is 7. The summed E-state index contributed by atoms with van der Waals surface area (Å²) in [6, 6.07) is -1.19. The minimum Gasteiger partial charge on any atom is -0.460 e. The van der Waals surface area contributed by atoms with Crippen LogP contribution in [0.4, 0.5) is 0 Å². The van der Waals surface area contributed by atoms with Crippen molar-refractivity contribution in [3.8, 4) is 0 Å². The Hall–Kier alpha value is -2.75. The SMILES string of the molecule is CO[C@@H]1C[C@H](C[C@@H](C)[C@@H]2CC(=O)[C@H](C)/C=C(/C)[C@@H](O)[C@@H](O)C(=O)[C@H](C)C[C@H](C)C3OC3C3OC3C3OC3(C)[C@@H](O)C[C@@H]3CC[C@@H](C)[C@@](O)(O3)C(=O)C(=O)N3CCCCC3C(=O)O2)CC[C@H]1OCCO. The number of methoxy groups -OCH3 is 1. The normalized spacial score (nSPS) is 46.5. The number of cyclic esters (lactones) is 1. The van der Waals surface area contributed by atoms with Gasteiger partial charge in [0.1, 0.15) is 60.2 Å². The van der Waals surface area contributed by atoms with E-state index in [1.165, 1.54) is 6.08 Å². The van der Waals surface area contributed by atoms with Gasteiger partial charge in [0.25, 0.3) is 11.7 Å². The number of ether oxygens (including phenoxy) is 7. The third-order valence-electron chi connectivity index (χ3n) is 16.7. The Labute approximate surface area is 406 Å². The van der Waals surface area contributed by atoms with E-state index in [0.717, 1.165) is 11.3 Å². The number of carbonyl (C=O) groups is 5. The zero-order chi connectivity index (χ0) is 50.3. The molecule has 6 aliphatic heterocycles. The first-order valence-corrected chi connectivity index (χ1v) is 25.6. The van der Waals surface area contributed by atoms with Crippen LogP contribution in [0.2, 0.25) is 0 Å². The van der Waals surface area contributed by atoms with Crippen LogP contribution >= 0.6 is 0 Å². The highest BCUT2D eigenvalue weighted by Crippen LogP contribution is 2.54. The molecule has 2 bridgehead atoms. The Morgan fingerprint density at radius 3 is 2.28 bits per heavy atom. The minimum absolute atomic E-state index is 0.00259. The molecule has 0 radical (unpaired) electrons. The molecule has 18 heteroatoms. The molecule has 1 saturated carbocycles. The number of aliphatic hydroxyl groups excluding tert-OH is 4. The Balaban J connectivity index is 1.13. The van der Waals surface area contributed by atoms with Gasteiger partial charge in [-0.2, -0.15) is 0 Å². The number of piperidine rings is 1. The maximum atomic E-state index is 14.4. The van der Waals surface area contributed by atoms with Gasteiger partial charge in [0.2, 0.25) is 5.79 Å². The van der Waals surface area contributed by atoms with Crippen LogP contribution in [0, 0.1) is 35.5 Å². The maximum absolute atomic E-state index is 14.4. The lowest BCUT2D eigenvalue weighted by Gasteiger charge is -2.42. The number of fused-ring (bicyclic) bond motifs is 8. The summed E-state index contributed by atoms with van der Waals surface area (Å²) in [5, 5.41) is 55.2. The molecule has 1 amide bonds. The van der Waals surface area contributed by atoms with Gasteiger partial charge in [-0.3, -0.25) is 19.2 Å². The van der Waals surface area contributed by atoms with Gasteiger partial charge in [-0.05, 0) is 101 Å². The lowest BCUT2D eigenvalue weighted by Crippen LogP contribution is -2.61. The van der Waals surface area contributed by atoms with Crippen LogP contribution in [0.15, 0.2) is 11.6 Å². The summed E-state index contributed by atoms with van der Waals surface area (Å²) < 4.78 is 42.1. The van der Waals surface area contributed by atoms with E-state index in [1.54, 1.807) is 41.7 Å². The van der Waals surface area contributed by atoms with Crippen molar-refractivity contribution in [2.75, 3.05) is 26.9 Å². The summed E-state index contributed by atoms with van der Waals surface area (Å²) >= 11 is 0. The fourth-order valence-corrected chi connectivity index (χ4v) is 11.9. The third-order valence-corrected chi connectivity index (χ3v) is 16.7. The van der Waals surface area contributed by atoms with Gasteiger partial charge in [-0.25, -0.2) is 4.79 Å². The lowest BCUT2D eigenvalue weighted by molar-refractivity contribution is -0.266. The molecule has 6 fully saturated rings. The Morgan fingerprint density at radius 2 is 1.57 bits per heavy atom. The average molecular weight is 978 g/mol. The molecule has 0 spiro atoms. The summed E-state index contributed by atoms with van der Waals surface area (Å²) in [6.45, 7) is 12.2. The first-order chi connectivity index (χ1) is 32.6. The van der Waals surface area contributed by atoms with Gasteiger partial charge in [-0.15, -0.1) is 0 Å². The summed E-state index contributed by atoms with van der Waals surface area (Å²) in [7, 11) is 1.61. The van der Waals surface area contributed by atoms with Crippen LogP contribution in [0.3, 0.4) is 0 Å². The number of hydrogen-bond acceptors (Lipinski definition) is 17. The van der Waals surface area contributed by atoms with Gasteiger partial charge in [0, 0.05) is 44.2 Å². The first kappa shape index (κ1) is 54.0. The average Bonchev–Trinajstić information content (AvgIpc) is 4.25. The second kappa shape index (κ2) is 22.2. The molecule has 0 aromatic heterocycles. The van der Waals surface area contributed by atoms with Crippen LogP contribution in [0.1, 0.15) is 126 Å². The molecule has 21 atom stereocenters. The van der Waals surface area contributed by atoms with E-state index in [2.05, 4.69) is 0 Å². The monoisotopic (exact) mass is 978 g/mol. The van der Waals surface area contributed by atoms with Crippen LogP contribution < -0.4 is 0 Å². The van der Waals surface area contributed by atoms with Gasteiger partial charge in [0.05, 0.1) is 43.7 Å². The minimum atomic E-state index is -2.53. The largest absolute Gasteiger partial charge is 0.460 e. The van der Waals surface area contributed by atoms with Crippen molar-refractivity contribution in [3.63, 3.8) is 0 Å². The van der Waals surface area contributed by atoms with Crippen molar-refractivity contribution in [2.24, 2.45) is 35.5 Å². The van der Waals surface area contributed by atoms with E-state index in [0.29, 0.717) is 51.4 Å². The Bertz CT molecular complexity index is 1900. The number of carbonyl (C=O) groups excluding carboxylic acids is 5. The third kappa shape index (κ3) is 11.9. The molecule has 1 aliphatic carbocycles. The number of aliphatic hydroxyl groups is 5. The Kier molecular flexibility index (Phi) is 17.4. The van der Waals surface area contributed by atoms with Gasteiger partial charge in [-0.1, -0.05) is 40.7 Å². The van der Waals surface area contributed by atoms with Crippen molar-refractivity contribution < 1.29 is 82.7 Å². The summed E-state index contributed by atoms with van der Waals surface area (Å²) in [6.07, 6.45) is -1.97. The van der Waals surface area contributed by atoms with Crippen molar-refractivity contribution in [3.05, 3.63) is 11.6 Å². The van der Waals surface area contributed by atoms with E-state index < -0.39 is 95.3 Å². The lowest BCUT2D eigenvalue weighted by atomic mass is 9.78. The number of hydrogen-bond donors (Lipinski definition) is 5. The second-order valence-electron chi connectivity index (χ2n) is 21.9. The van der Waals surface area contributed by atoms with Crippen molar-refractivity contribution >= 4 is 29.2 Å². The summed E-state index contributed by atoms with van der Waals surface area (Å²) in [4.78, 5) is 71.8. The quantitative estimate of drug-likeness (QED) is 0.106. The zero-order valence-electron chi connectivity index (χ0n) is 41.7. The fraction of sp³-hybridized carbons (Fsp3) is 0.863.